The minimum Gasteiger partial charge on any atom is -0.480 e. The molecular formula is C12H19N3O4S. The smallest absolute Gasteiger partial charge is 0.325 e. The lowest BCUT2D eigenvalue weighted by atomic mass is 9.88. The molecule has 7 nitrogen and oxygen atoms in total. The zero-order valence-corrected chi connectivity index (χ0v) is 12.4. The van der Waals surface area contributed by atoms with Crippen molar-refractivity contribution in [2.75, 3.05) is 0 Å². The minimum absolute atomic E-state index is 0.00134. The lowest BCUT2D eigenvalue weighted by Crippen LogP contribution is -2.41. The van der Waals surface area contributed by atoms with E-state index in [1.165, 1.54) is 12.4 Å². The Morgan fingerprint density at radius 1 is 1.60 bits per heavy atom. The Balaban J connectivity index is 2.14. The predicted molar refractivity (Wildman–Crippen MR) is 71.6 cm³/mol. The number of hydrogen-bond donors (Lipinski definition) is 2. The highest BCUT2D eigenvalue weighted by molar-refractivity contribution is 7.89. The summed E-state index contributed by atoms with van der Waals surface area (Å²) < 4.78 is 28.3. The summed E-state index contributed by atoms with van der Waals surface area (Å²) in [6, 6.07) is -0.102. The third kappa shape index (κ3) is 3.18. The summed E-state index contributed by atoms with van der Waals surface area (Å²) in [6.45, 7) is 3.73. The molecule has 1 aromatic rings. The average Bonchev–Trinajstić information content (AvgIpc) is 2.86. The van der Waals surface area contributed by atoms with E-state index in [0.29, 0.717) is 0 Å². The van der Waals surface area contributed by atoms with E-state index in [4.69, 9.17) is 5.11 Å². The second-order valence-corrected chi connectivity index (χ2v) is 7.54. The SMILES string of the molecule is CC1(C)CCCC1NS(=O)(=O)c1cnn(CC(=O)O)c1. The number of carboxylic acid groups (broad SMARTS) is 1. The Kier molecular flexibility index (Phi) is 3.88. The zero-order chi connectivity index (χ0) is 15.0. The van der Waals surface area contributed by atoms with E-state index >= 15 is 0 Å². The molecule has 1 aromatic heterocycles. The fourth-order valence-electron chi connectivity index (χ4n) is 2.51. The molecule has 1 aliphatic carbocycles. The van der Waals surface area contributed by atoms with E-state index in [2.05, 4.69) is 9.82 Å². The molecule has 1 unspecified atom stereocenters. The van der Waals surface area contributed by atoms with Crippen LogP contribution in [0.2, 0.25) is 0 Å². The van der Waals surface area contributed by atoms with Gasteiger partial charge in [0.2, 0.25) is 10.0 Å². The highest BCUT2D eigenvalue weighted by atomic mass is 32.2. The van der Waals surface area contributed by atoms with Gasteiger partial charge < -0.3 is 5.11 Å². The number of aromatic nitrogens is 2. The van der Waals surface area contributed by atoms with Gasteiger partial charge in [0.1, 0.15) is 11.4 Å². The van der Waals surface area contributed by atoms with Gasteiger partial charge in [-0.15, -0.1) is 0 Å². The highest BCUT2D eigenvalue weighted by Gasteiger charge is 2.37. The van der Waals surface area contributed by atoms with E-state index in [0.717, 1.165) is 23.9 Å². The number of nitrogens with one attached hydrogen (secondary N) is 1. The molecule has 20 heavy (non-hydrogen) atoms. The Morgan fingerprint density at radius 2 is 2.30 bits per heavy atom. The molecule has 1 heterocycles. The molecule has 112 valence electrons. The topological polar surface area (TPSA) is 101 Å². The molecule has 0 radical (unpaired) electrons. The van der Waals surface area contributed by atoms with Crippen molar-refractivity contribution in [3.05, 3.63) is 12.4 Å². The Morgan fingerprint density at radius 3 is 2.85 bits per heavy atom. The quantitative estimate of drug-likeness (QED) is 0.838. The van der Waals surface area contributed by atoms with Crippen LogP contribution in [-0.2, 0) is 21.4 Å². The van der Waals surface area contributed by atoms with Crippen molar-refractivity contribution in [3.8, 4) is 0 Å². The minimum atomic E-state index is -3.66. The van der Waals surface area contributed by atoms with Crippen LogP contribution < -0.4 is 4.72 Å². The summed E-state index contributed by atoms with van der Waals surface area (Å²) in [7, 11) is -3.66. The van der Waals surface area contributed by atoms with Crippen molar-refractivity contribution in [1.82, 2.24) is 14.5 Å². The van der Waals surface area contributed by atoms with Crippen LogP contribution in [0, 0.1) is 5.41 Å². The summed E-state index contributed by atoms with van der Waals surface area (Å²) in [5.74, 6) is -1.07. The lowest BCUT2D eigenvalue weighted by Gasteiger charge is -2.27. The second kappa shape index (κ2) is 5.17. The van der Waals surface area contributed by atoms with Crippen LogP contribution in [0.15, 0.2) is 17.3 Å². The molecule has 1 atom stereocenters. The van der Waals surface area contributed by atoms with E-state index in [1.54, 1.807) is 0 Å². The van der Waals surface area contributed by atoms with Crippen molar-refractivity contribution in [2.45, 2.75) is 50.6 Å². The summed E-state index contributed by atoms with van der Waals surface area (Å²) >= 11 is 0. The molecule has 2 N–H and O–H groups in total. The maximum atomic E-state index is 12.3. The van der Waals surface area contributed by atoms with Crippen LogP contribution in [0.4, 0.5) is 0 Å². The van der Waals surface area contributed by atoms with Crippen molar-refractivity contribution < 1.29 is 18.3 Å². The largest absolute Gasteiger partial charge is 0.480 e. The fourth-order valence-corrected chi connectivity index (χ4v) is 3.90. The van der Waals surface area contributed by atoms with Crippen molar-refractivity contribution >= 4 is 16.0 Å². The van der Waals surface area contributed by atoms with E-state index in [-0.39, 0.29) is 22.9 Å². The van der Waals surface area contributed by atoms with Crippen molar-refractivity contribution in [2.24, 2.45) is 5.41 Å². The molecule has 0 aliphatic heterocycles. The normalized spacial score (nSPS) is 22.0. The summed E-state index contributed by atoms with van der Waals surface area (Å²) in [6.07, 6.45) is 5.21. The van der Waals surface area contributed by atoms with Gasteiger partial charge in [-0.3, -0.25) is 9.48 Å². The fraction of sp³-hybridized carbons (Fsp3) is 0.667. The number of nitrogens with zero attached hydrogens (tertiary/aromatic N) is 2. The van der Waals surface area contributed by atoms with Gasteiger partial charge in [0, 0.05) is 12.2 Å². The summed E-state index contributed by atoms with van der Waals surface area (Å²) in [4.78, 5) is 10.6. The molecule has 1 fully saturated rings. The number of hydrogen-bond acceptors (Lipinski definition) is 4. The number of sulfonamides is 1. The predicted octanol–water partition coefficient (Wildman–Crippen LogP) is 0.825. The van der Waals surface area contributed by atoms with E-state index < -0.39 is 16.0 Å². The maximum absolute atomic E-state index is 12.3. The molecule has 0 bridgehead atoms. The van der Waals surface area contributed by atoms with Gasteiger partial charge >= 0.3 is 5.97 Å². The Labute approximate surface area is 118 Å². The molecule has 0 aromatic carbocycles. The molecular weight excluding hydrogens is 282 g/mol. The van der Waals surface area contributed by atoms with Gasteiger partial charge in [0.15, 0.2) is 0 Å². The van der Waals surface area contributed by atoms with Gasteiger partial charge in [-0.25, -0.2) is 13.1 Å². The van der Waals surface area contributed by atoms with Gasteiger partial charge in [-0.05, 0) is 18.3 Å². The standard InChI is InChI=1S/C12H19N3O4S/c1-12(2)5-3-4-10(12)14-20(18,19)9-6-13-15(7-9)8-11(16)17/h6-7,10,14H,3-5,8H2,1-2H3,(H,16,17). The summed E-state index contributed by atoms with van der Waals surface area (Å²) in [5.41, 5.74) is -0.0653. The number of carbonyl (C=O) groups is 1. The highest BCUT2D eigenvalue weighted by Crippen LogP contribution is 2.37. The van der Waals surface area contributed by atoms with Crippen molar-refractivity contribution in [1.29, 1.82) is 0 Å². The number of carboxylic acids is 1. The van der Waals surface area contributed by atoms with Gasteiger partial charge in [0.05, 0.1) is 6.20 Å². The van der Waals surface area contributed by atoms with Crippen molar-refractivity contribution in [3.63, 3.8) is 0 Å². The molecule has 0 amide bonds. The number of rotatable bonds is 5. The van der Waals surface area contributed by atoms with Crippen LogP contribution in [0.1, 0.15) is 33.1 Å². The number of aliphatic carboxylic acids is 1. The van der Waals surface area contributed by atoms with Crippen LogP contribution in [0.3, 0.4) is 0 Å². The Hall–Kier alpha value is -1.41. The van der Waals surface area contributed by atoms with E-state index in [1.807, 2.05) is 13.8 Å². The van der Waals surface area contributed by atoms with Gasteiger partial charge in [0.25, 0.3) is 0 Å². The van der Waals surface area contributed by atoms with Crippen LogP contribution in [0.5, 0.6) is 0 Å². The van der Waals surface area contributed by atoms with Gasteiger partial charge in [-0.2, -0.15) is 5.10 Å². The molecule has 0 spiro atoms. The monoisotopic (exact) mass is 301 g/mol. The molecule has 2 rings (SSSR count). The van der Waals surface area contributed by atoms with Crippen LogP contribution >= 0.6 is 0 Å². The third-order valence-corrected chi connectivity index (χ3v) is 5.20. The first-order valence-corrected chi connectivity index (χ1v) is 7.96. The lowest BCUT2D eigenvalue weighted by molar-refractivity contribution is -0.137. The maximum Gasteiger partial charge on any atom is 0.325 e. The summed E-state index contributed by atoms with van der Waals surface area (Å²) in [5, 5.41) is 12.4. The second-order valence-electron chi connectivity index (χ2n) is 5.82. The average molecular weight is 301 g/mol. The zero-order valence-electron chi connectivity index (χ0n) is 11.5. The first kappa shape index (κ1) is 15.0. The first-order valence-electron chi connectivity index (χ1n) is 6.47. The molecule has 1 aliphatic rings. The van der Waals surface area contributed by atoms with Crippen LogP contribution in [0.25, 0.3) is 0 Å². The third-order valence-electron chi connectivity index (χ3n) is 3.77. The first-order chi connectivity index (χ1) is 9.21. The molecule has 8 heteroatoms. The molecule has 0 saturated heterocycles. The van der Waals surface area contributed by atoms with E-state index in [9.17, 15) is 13.2 Å². The molecule has 1 saturated carbocycles. The Bertz CT molecular complexity index is 606. The van der Waals surface area contributed by atoms with Gasteiger partial charge in [-0.1, -0.05) is 20.3 Å². The van der Waals surface area contributed by atoms with Crippen LogP contribution in [-0.4, -0.2) is 35.3 Å².